The van der Waals surface area contributed by atoms with Crippen LogP contribution < -0.4 is 5.73 Å². The first kappa shape index (κ1) is 12.6. The van der Waals surface area contributed by atoms with Crippen LogP contribution in [0.1, 0.15) is 38.3 Å². The van der Waals surface area contributed by atoms with Crippen molar-refractivity contribution in [2.24, 2.45) is 5.73 Å². The molecule has 4 nitrogen and oxygen atoms in total. The highest BCUT2D eigenvalue weighted by molar-refractivity contribution is 5.00. The summed E-state index contributed by atoms with van der Waals surface area (Å²) in [6.07, 6.45) is 6.70. The zero-order valence-electron chi connectivity index (χ0n) is 11.0. The van der Waals surface area contributed by atoms with E-state index in [1.807, 2.05) is 6.20 Å². The maximum Gasteiger partial charge on any atom is 0.0524 e. The van der Waals surface area contributed by atoms with E-state index in [1.165, 1.54) is 31.4 Å². The van der Waals surface area contributed by atoms with Crippen LogP contribution in [0.4, 0.5) is 0 Å². The summed E-state index contributed by atoms with van der Waals surface area (Å²) in [7, 11) is 2.22. The molecule has 0 unspecified atom stereocenters. The van der Waals surface area contributed by atoms with Crippen molar-refractivity contribution in [2.75, 3.05) is 7.05 Å². The summed E-state index contributed by atoms with van der Waals surface area (Å²) in [4.78, 5) is 2.45. The van der Waals surface area contributed by atoms with Gasteiger partial charge in [-0.3, -0.25) is 9.58 Å². The zero-order chi connectivity index (χ0) is 12.3. The van der Waals surface area contributed by atoms with Gasteiger partial charge in [-0.1, -0.05) is 0 Å². The van der Waals surface area contributed by atoms with Gasteiger partial charge in [-0.2, -0.15) is 5.10 Å². The van der Waals surface area contributed by atoms with Gasteiger partial charge in [-0.05, 0) is 45.7 Å². The summed E-state index contributed by atoms with van der Waals surface area (Å²) in [5, 5.41) is 4.31. The topological polar surface area (TPSA) is 47.1 Å². The fourth-order valence-corrected chi connectivity index (χ4v) is 2.71. The Bertz CT molecular complexity index is 339. The third-order valence-corrected chi connectivity index (χ3v) is 3.88. The number of nitrogens with zero attached hydrogens (tertiary/aromatic N) is 3. The van der Waals surface area contributed by atoms with Crippen LogP contribution in [0.2, 0.25) is 0 Å². The largest absolute Gasteiger partial charge is 0.328 e. The van der Waals surface area contributed by atoms with Crippen molar-refractivity contribution in [3.63, 3.8) is 0 Å². The summed E-state index contributed by atoms with van der Waals surface area (Å²) in [6, 6.07) is 3.24. The van der Waals surface area contributed by atoms with Gasteiger partial charge in [0, 0.05) is 31.4 Å². The van der Waals surface area contributed by atoms with Crippen molar-refractivity contribution in [3.05, 3.63) is 18.0 Å². The first-order valence-electron chi connectivity index (χ1n) is 6.67. The highest BCUT2D eigenvalue weighted by atomic mass is 15.3. The average molecular weight is 236 g/mol. The molecule has 1 aliphatic rings. The van der Waals surface area contributed by atoms with Crippen LogP contribution in [0.15, 0.2) is 12.3 Å². The molecule has 0 aliphatic heterocycles. The lowest BCUT2D eigenvalue weighted by Crippen LogP contribution is -2.38. The molecular formula is C13H24N4. The van der Waals surface area contributed by atoms with E-state index < -0.39 is 0 Å². The molecule has 2 N–H and O–H groups in total. The van der Waals surface area contributed by atoms with Crippen molar-refractivity contribution in [1.29, 1.82) is 0 Å². The van der Waals surface area contributed by atoms with Gasteiger partial charge in [-0.25, -0.2) is 0 Å². The third kappa shape index (κ3) is 3.07. The molecule has 1 heterocycles. The number of rotatable bonds is 4. The Kier molecular flexibility index (Phi) is 4.18. The van der Waals surface area contributed by atoms with Crippen LogP contribution in [0.5, 0.6) is 0 Å². The summed E-state index contributed by atoms with van der Waals surface area (Å²) in [5.41, 5.74) is 7.26. The second-order valence-corrected chi connectivity index (χ2v) is 5.12. The molecular weight excluding hydrogens is 212 g/mol. The molecule has 1 aliphatic carbocycles. The third-order valence-electron chi connectivity index (χ3n) is 3.88. The summed E-state index contributed by atoms with van der Waals surface area (Å²) in [6.45, 7) is 4.08. The first-order chi connectivity index (χ1) is 8.20. The van der Waals surface area contributed by atoms with Crippen LogP contribution >= 0.6 is 0 Å². The molecule has 1 aromatic heterocycles. The zero-order valence-corrected chi connectivity index (χ0v) is 11.0. The monoisotopic (exact) mass is 236 g/mol. The van der Waals surface area contributed by atoms with Gasteiger partial charge < -0.3 is 5.73 Å². The average Bonchev–Trinajstić information content (AvgIpc) is 2.77. The van der Waals surface area contributed by atoms with Crippen molar-refractivity contribution >= 4 is 0 Å². The molecule has 96 valence electrons. The lowest BCUT2D eigenvalue weighted by Gasteiger charge is -2.33. The molecule has 0 spiro atoms. The summed E-state index contributed by atoms with van der Waals surface area (Å²) in [5.74, 6) is 0. The molecule has 0 bridgehead atoms. The van der Waals surface area contributed by atoms with Crippen LogP contribution in [0.25, 0.3) is 0 Å². The minimum absolute atomic E-state index is 0.431. The van der Waals surface area contributed by atoms with Gasteiger partial charge in [-0.15, -0.1) is 0 Å². The van der Waals surface area contributed by atoms with Crippen molar-refractivity contribution in [3.8, 4) is 0 Å². The van der Waals surface area contributed by atoms with Gasteiger partial charge in [0.25, 0.3) is 0 Å². The Balaban J connectivity index is 1.90. The van der Waals surface area contributed by atoms with E-state index in [0.29, 0.717) is 12.1 Å². The van der Waals surface area contributed by atoms with E-state index in [-0.39, 0.29) is 0 Å². The van der Waals surface area contributed by atoms with Crippen LogP contribution in [0.3, 0.4) is 0 Å². The summed E-state index contributed by atoms with van der Waals surface area (Å²) < 4.78 is 2.07. The molecule has 1 aromatic rings. The molecule has 0 radical (unpaired) electrons. The van der Waals surface area contributed by atoms with E-state index in [4.69, 9.17) is 5.73 Å². The number of hydrogen-bond acceptors (Lipinski definition) is 3. The highest BCUT2D eigenvalue weighted by Crippen LogP contribution is 2.22. The fourth-order valence-electron chi connectivity index (χ4n) is 2.71. The maximum absolute atomic E-state index is 5.95. The molecule has 0 amide bonds. The highest BCUT2D eigenvalue weighted by Gasteiger charge is 2.22. The molecule has 0 saturated heterocycles. The Labute approximate surface area is 104 Å². The van der Waals surface area contributed by atoms with E-state index in [9.17, 15) is 0 Å². The van der Waals surface area contributed by atoms with E-state index in [0.717, 1.165) is 13.1 Å². The maximum atomic E-state index is 5.95. The van der Waals surface area contributed by atoms with E-state index in [2.05, 4.69) is 34.7 Å². The second-order valence-electron chi connectivity index (χ2n) is 5.12. The fraction of sp³-hybridized carbons (Fsp3) is 0.769. The van der Waals surface area contributed by atoms with Crippen LogP contribution in [0, 0.1) is 0 Å². The van der Waals surface area contributed by atoms with Crippen molar-refractivity contribution in [1.82, 2.24) is 14.7 Å². The second kappa shape index (κ2) is 5.65. The van der Waals surface area contributed by atoms with E-state index >= 15 is 0 Å². The molecule has 1 saturated carbocycles. The molecule has 17 heavy (non-hydrogen) atoms. The predicted octanol–water partition coefficient (Wildman–Crippen LogP) is 1.60. The SMILES string of the molecule is CCn1nccc1CN(C)C1CCC(N)CC1. The van der Waals surface area contributed by atoms with Gasteiger partial charge in [0.05, 0.1) is 5.69 Å². The minimum atomic E-state index is 0.431. The van der Waals surface area contributed by atoms with Crippen molar-refractivity contribution < 1.29 is 0 Å². The number of nitrogens with two attached hydrogens (primary N) is 1. The van der Waals surface area contributed by atoms with Crippen molar-refractivity contribution in [2.45, 2.75) is 57.8 Å². The number of hydrogen-bond donors (Lipinski definition) is 1. The normalized spacial score (nSPS) is 25.4. The lowest BCUT2D eigenvalue weighted by molar-refractivity contribution is 0.172. The van der Waals surface area contributed by atoms with Gasteiger partial charge >= 0.3 is 0 Å². The predicted molar refractivity (Wildman–Crippen MR) is 69.6 cm³/mol. The van der Waals surface area contributed by atoms with Crippen LogP contribution in [-0.2, 0) is 13.1 Å². The Morgan fingerprint density at radius 3 is 2.76 bits per heavy atom. The number of aryl methyl sites for hydroxylation is 1. The molecule has 4 heteroatoms. The van der Waals surface area contributed by atoms with Gasteiger partial charge in [0.15, 0.2) is 0 Å². The molecule has 0 atom stereocenters. The Hall–Kier alpha value is -0.870. The summed E-state index contributed by atoms with van der Waals surface area (Å²) >= 11 is 0. The molecule has 2 rings (SSSR count). The standard InChI is InChI=1S/C13H24N4/c1-3-17-13(8-9-15-17)10-16(2)12-6-4-11(14)5-7-12/h8-9,11-12H,3-7,10,14H2,1-2H3. The Morgan fingerprint density at radius 1 is 1.41 bits per heavy atom. The lowest BCUT2D eigenvalue weighted by atomic mass is 9.91. The number of aromatic nitrogens is 2. The first-order valence-corrected chi connectivity index (χ1v) is 6.67. The minimum Gasteiger partial charge on any atom is -0.328 e. The molecule has 0 aromatic carbocycles. The van der Waals surface area contributed by atoms with Crippen LogP contribution in [-0.4, -0.2) is 33.8 Å². The van der Waals surface area contributed by atoms with Gasteiger partial charge in [0.2, 0.25) is 0 Å². The molecule has 1 fully saturated rings. The van der Waals surface area contributed by atoms with E-state index in [1.54, 1.807) is 0 Å². The smallest absolute Gasteiger partial charge is 0.0524 e. The quantitative estimate of drug-likeness (QED) is 0.864. The van der Waals surface area contributed by atoms with Gasteiger partial charge in [0.1, 0.15) is 0 Å². The Morgan fingerprint density at radius 2 is 2.12 bits per heavy atom.